The van der Waals surface area contributed by atoms with Crippen molar-refractivity contribution in [3.8, 4) is 23.0 Å². The van der Waals surface area contributed by atoms with Crippen LogP contribution in [0.15, 0.2) is 50.7 Å². The van der Waals surface area contributed by atoms with Gasteiger partial charge in [0.05, 0.1) is 30.7 Å². The van der Waals surface area contributed by atoms with Crippen molar-refractivity contribution in [3.05, 3.63) is 53.8 Å². The van der Waals surface area contributed by atoms with Gasteiger partial charge in [0.25, 0.3) is 5.89 Å². The molecular formula is C19H18FN5O3S. The third-order valence-corrected chi connectivity index (χ3v) is 5.09. The Balaban J connectivity index is 1.52. The summed E-state index contributed by atoms with van der Waals surface area (Å²) in [6.07, 6.45) is 1.59. The largest absolute Gasteiger partial charge is 0.461 e. The minimum absolute atomic E-state index is 0.152. The van der Waals surface area contributed by atoms with Gasteiger partial charge < -0.3 is 13.7 Å². The number of ether oxygens (including phenoxy) is 1. The molecule has 8 nitrogen and oxygen atoms in total. The normalized spacial score (nSPS) is 11.3. The zero-order valence-electron chi connectivity index (χ0n) is 15.8. The predicted octanol–water partition coefficient (Wildman–Crippen LogP) is 3.97. The number of furan rings is 1. The van der Waals surface area contributed by atoms with Crippen LogP contribution in [0.5, 0.6) is 0 Å². The van der Waals surface area contributed by atoms with E-state index in [-0.39, 0.29) is 11.5 Å². The lowest BCUT2D eigenvalue weighted by molar-refractivity contribution is 0.185. The van der Waals surface area contributed by atoms with Gasteiger partial charge in [0.1, 0.15) is 5.82 Å². The number of methoxy groups -OCH3 is 1. The van der Waals surface area contributed by atoms with Crippen molar-refractivity contribution >= 4 is 11.8 Å². The van der Waals surface area contributed by atoms with Crippen molar-refractivity contribution in [3.63, 3.8) is 0 Å². The van der Waals surface area contributed by atoms with Crippen molar-refractivity contribution < 1.29 is 18.1 Å². The molecule has 0 aliphatic rings. The number of benzene rings is 1. The standard InChI is InChI=1S/C19H18FN5O3S/c1-12-5-6-14(20)13(10-12)18-21-16(24-28-18)11-29-19-23-22-17(15-4-3-8-27-15)25(19)7-9-26-2/h3-6,8,10H,7,9,11H2,1-2H3. The van der Waals surface area contributed by atoms with Crippen LogP contribution in [0.25, 0.3) is 23.0 Å². The van der Waals surface area contributed by atoms with E-state index in [4.69, 9.17) is 13.7 Å². The highest BCUT2D eigenvalue weighted by atomic mass is 32.2. The van der Waals surface area contributed by atoms with Crippen LogP contribution < -0.4 is 0 Å². The van der Waals surface area contributed by atoms with Crippen molar-refractivity contribution in [2.24, 2.45) is 0 Å². The molecule has 1 aromatic carbocycles. The summed E-state index contributed by atoms with van der Waals surface area (Å²) in [7, 11) is 1.63. The molecule has 0 aliphatic carbocycles. The van der Waals surface area contributed by atoms with Crippen LogP contribution in [-0.2, 0) is 17.0 Å². The van der Waals surface area contributed by atoms with Crippen molar-refractivity contribution in [2.75, 3.05) is 13.7 Å². The zero-order chi connectivity index (χ0) is 20.2. The number of aryl methyl sites for hydroxylation is 1. The minimum atomic E-state index is -0.402. The number of rotatable bonds is 8. The summed E-state index contributed by atoms with van der Waals surface area (Å²) < 4.78 is 31.8. The van der Waals surface area contributed by atoms with Crippen molar-refractivity contribution in [2.45, 2.75) is 24.4 Å². The number of thioether (sulfide) groups is 1. The molecule has 0 N–H and O–H groups in total. The first-order valence-electron chi connectivity index (χ1n) is 8.83. The van der Waals surface area contributed by atoms with E-state index in [0.29, 0.717) is 41.5 Å². The first-order chi connectivity index (χ1) is 14.2. The molecule has 10 heteroatoms. The molecule has 0 aliphatic heterocycles. The number of aromatic nitrogens is 5. The molecule has 3 heterocycles. The van der Waals surface area contributed by atoms with Crippen LogP contribution in [0.2, 0.25) is 0 Å². The van der Waals surface area contributed by atoms with E-state index in [9.17, 15) is 4.39 Å². The molecule has 0 saturated heterocycles. The molecule has 0 bridgehead atoms. The fourth-order valence-electron chi connectivity index (χ4n) is 2.72. The summed E-state index contributed by atoms with van der Waals surface area (Å²) in [5.41, 5.74) is 1.20. The molecule has 0 amide bonds. The second-order valence-electron chi connectivity index (χ2n) is 6.22. The van der Waals surface area contributed by atoms with Gasteiger partial charge in [-0.05, 0) is 31.2 Å². The van der Waals surface area contributed by atoms with Gasteiger partial charge in [0.15, 0.2) is 16.7 Å². The van der Waals surface area contributed by atoms with Crippen LogP contribution in [0.4, 0.5) is 4.39 Å². The van der Waals surface area contributed by atoms with Crippen molar-refractivity contribution in [1.29, 1.82) is 0 Å². The van der Waals surface area contributed by atoms with Gasteiger partial charge in [-0.1, -0.05) is 28.5 Å². The molecule has 150 valence electrons. The molecule has 0 radical (unpaired) electrons. The molecule has 4 rings (SSSR count). The van der Waals surface area contributed by atoms with Crippen LogP contribution in [0.3, 0.4) is 0 Å². The van der Waals surface area contributed by atoms with E-state index in [0.717, 1.165) is 5.56 Å². The zero-order valence-corrected chi connectivity index (χ0v) is 16.6. The topological polar surface area (TPSA) is 92.0 Å². The van der Waals surface area contributed by atoms with E-state index in [1.807, 2.05) is 17.6 Å². The molecular weight excluding hydrogens is 397 g/mol. The Labute approximate surface area is 170 Å². The maximum atomic E-state index is 14.0. The second-order valence-corrected chi connectivity index (χ2v) is 7.16. The van der Waals surface area contributed by atoms with E-state index >= 15 is 0 Å². The molecule has 4 aromatic rings. The van der Waals surface area contributed by atoms with E-state index < -0.39 is 5.82 Å². The molecule has 0 atom stereocenters. The summed E-state index contributed by atoms with van der Waals surface area (Å²) in [4.78, 5) is 4.31. The molecule has 0 saturated carbocycles. The lowest BCUT2D eigenvalue weighted by Crippen LogP contribution is -2.07. The number of hydrogen-bond donors (Lipinski definition) is 0. The Morgan fingerprint density at radius 3 is 2.93 bits per heavy atom. The Hall–Kier alpha value is -2.98. The van der Waals surface area contributed by atoms with Gasteiger partial charge in [-0.3, -0.25) is 4.57 Å². The Bertz CT molecular complexity index is 1090. The highest BCUT2D eigenvalue weighted by molar-refractivity contribution is 7.98. The molecule has 3 aromatic heterocycles. The quantitative estimate of drug-likeness (QED) is 0.399. The molecule has 0 unspecified atom stereocenters. The summed E-state index contributed by atoms with van der Waals surface area (Å²) >= 11 is 1.40. The van der Waals surface area contributed by atoms with Crippen molar-refractivity contribution in [1.82, 2.24) is 24.9 Å². The highest BCUT2D eigenvalue weighted by Crippen LogP contribution is 2.27. The first kappa shape index (κ1) is 19.3. The van der Waals surface area contributed by atoms with E-state index in [1.165, 1.54) is 17.8 Å². The number of hydrogen-bond acceptors (Lipinski definition) is 8. The van der Waals surface area contributed by atoms with Crippen LogP contribution in [0.1, 0.15) is 11.4 Å². The van der Waals surface area contributed by atoms with Gasteiger partial charge in [-0.2, -0.15) is 4.98 Å². The molecule has 0 spiro atoms. The number of nitrogens with zero attached hydrogens (tertiary/aromatic N) is 5. The average molecular weight is 415 g/mol. The fraction of sp³-hybridized carbons (Fsp3) is 0.263. The summed E-state index contributed by atoms with van der Waals surface area (Å²) in [5.74, 6) is 1.81. The monoisotopic (exact) mass is 415 g/mol. The maximum absolute atomic E-state index is 14.0. The van der Waals surface area contributed by atoms with Gasteiger partial charge >= 0.3 is 0 Å². The minimum Gasteiger partial charge on any atom is -0.461 e. The smallest absolute Gasteiger partial charge is 0.260 e. The third-order valence-electron chi connectivity index (χ3n) is 4.13. The predicted molar refractivity (Wildman–Crippen MR) is 104 cm³/mol. The van der Waals surface area contributed by atoms with Gasteiger partial charge in [-0.15, -0.1) is 10.2 Å². The Morgan fingerprint density at radius 2 is 2.14 bits per heavy atom. The Morgan fingerprint density at radius 1 is 1.24 bits per heavy atom. The summed E-state index contributed by atoms with van der Waals surface area (Å²) in [5, 5.41) is 13.1. The van der Waals surface area contributed by atoms with E-state index in [2.05, 4.69) is 20.3 Å². The SMILES string of the molecule is COCCn1c(SCc2noc(-c3cc(C)ccc3F)n2)nnc1-c1ccco1. The molecule has 0 fully saturated rings. The van der Waals surface area contributed by atoms with Gasteiger partial charge in [0, 0.05) is 7.11 Å². The number of halogens is 1. The lowest BCUT2D eigenvalue weighted by atomic mass is 10.1. The molecule has 29 heavy (non-hydrogen) atoms. The second kappa shape index (κ2) is 8.58. The van der Waals surface area contributed by atoms with Gasteiger partial charge in [0.2, 0.25) is 5.82 Å². The van der Waals surface area contributed by atoms with E-state index in [1.54, 1.807) is 31.6 Å². The summed E-state index contributed by atoms with van der Waals surface area (Å²) in [6.45, 7) is 2.94. The van der Waals surface area contributed by atoms with Crippen LogP contribution in [0, 0.1) is 12.7 Å². The van der Waals surface area contributed by atoms with Gasteiger partial charge in [-0.25, -0.2) is 4.39 Å². The maximum Gasteiger partial charge on any atom is 0.260 e. The first-order valence-corrected chi connectivity index (χ1v) is 9.82. The highest BCUT2D eigenvalue weighted by Gasteiger charge is 2.18. The Kier molecular flexibility index (Phi) is 5.72. The third kappa shape index (κ3) is 4.22. The lowest BCUT2D eigenvalue weighted by Gasteiger charge is -2.07. The summed E-state index contributed by atoms with van der Waals surface area (Å²) in [6, 6.07) is 8.37. The van der Waals surface area contributed by atoms with Crippen LogP contribution in [-0.4, -0.2) is 38.6 Å². The fourth-order valence-corrected chi connectivity index (χ4v) is 3.53. The van der Waals surface area contributed by atoms with Crippen LogP contribution >= 0.6 is 11.8 Å². The average Bonchev–Trinajstić information content (AvgIpc) is 3.47.